The summed E-state index contributed by atoms with van der Waals surface area (Å²) in [6.07, 6.45) is 1.62. The molecule has 0 radical (unpaired) electrons. The minimum absolute atomic E-state index is 0.214. The lowest BCUT2D eigenvalue weighted by Crippen LogP contribution is -2.32. The minimum atomic E-state index is -0.238. The predicted molar refractivity (Wildman–Crippen MR) is 100 cm³/mol. The zero-order valence-electron chi connectivity index (χ0n) is 15.9. The third kappa shape index (κ3) is 3.97. The van der Waals surface area contributed by atoms with Gasteiger partial charge in [0.05, 0.1) is 26.2 Å². The van der Waals surface area contributed by atoms with E-state index in [9.17, 15) is 4.79 Å². The van der Waals surface area contributed by atoms with E-state index in [1.807, 2.05) is 36.7 Å². The van der Waals surface area contributed by atoms with E-state index < -0.39 is 0 Å². The third-order valence-electron chi connectivity index (χ3n) is 4.31. The lowest BCUT2D eigenvalue weighted by atomic mass is 10.1. The van der Waals surface area contributed by atoms with Crippen LogP contribution in [0.2, 0.25) is 0 Å². The molecule has 3 rings (SSSR count). The molecule has 0 aliphatic heterocycles. The van der Waals surface area contributed by atoms with Crippen LogP contribution in [0.3, 0.4) is 0 Å². The number of carbonyl (C=O) groups excluding carboxylic acids is 1. The zero-order chi connectivity index (χ0) is 19.4. The molecule has 0 aliphatic carbocycles. The van der Waals surface area contributed by atoms with Crippen LogP contribution < -0.4 is 14.8 Å². The van der Waals surface area contributed by atoms with Gasteiger partial charge in [-0.3, -0.25) is 9.48 Å². The number of ether oxygens (including phenoxy) is 2. The SMILES string of the molecule is COc1ccc(C(=O)NCC(c2ccco2)n2nc(C)cc2C)cc1OC. The van der Waals surface area contributed by atoms with Gasteiger partial charge < -0.3 is 19.2 Å². The second-order valence-corrected chi connectivity index (χ2v) is 6.18. The van der Waals surface area contributed by atoms with E-state index in [2.05, 4.69) is 10.4 Å². The quantitative estimate of drug-likeness (QED) is 0.692. The molecule has 0 saturated carbocycles. The van der Waals surface area contributed by atoms with Crippen molar-refractivity contribution in [2.24, 2.45) is 0 Å². The van der Waals surface area contributed by atoms with E-state index in [0.717, 1.165) is 17.1 Å². The molecule has 1 aromatic carbocycles. The number of methoxy groups -OCH3 is 2. The zero-order valence-corrected chi connectivity index (χ0v) is 15.9. The first-order valence-corrected chi connectivity index (χ1v) is 8.60. The smallest absolute Gasteiger partial charge is 0.251 e. The van der Waals surface area contributed by atoms with Crippen molar-refractivity contribution in [3.63, 3.8) is 0 Å². The number of aromatic nitrogens is 2. The first kappa shape index (κ1) is 18.6. The number of nitrogens with zero attached hydrogens (tertiary/aromatic N) is 2. The van der Waals surface area contributed by atoms with E-state index in [1.54, 1.807) is 31.6 Å². The lowest BCUT2D eigenvalue weighted by molar-refractivity contribution is 0.0947. The second-order valence-electron chi connectivity index (χ2n) is 6.18. The highest BCUT2D eigenvalue weighted by atomic mass is 16.5. The van der Waals surface area contributed by atoms with Gasteiger partial charge in [0.1, 0.15) is 11.8 Å². The van der Waals surface area contributed by atoms with Crippen molar-refractivity contribution in [2.45, 2.75) is 19.9 Å². The Balaban J connectivity index is 1.80. The number of rotatable bonds is 7. The van der Waals surface area contributed by atoms with Gasteiger partial charge in [0.15, 0.2) is 11.5 Å². The molecular formula is C20H23N3O4. The van der Waals surface area contributed by atoms with Gasteiger partial charge in [0, 0.05) is 17.8 Å². The summed E-state index contributed by atoms with van der Waals surface area (Å²) in [7, 11) is 3.09. The van der Waals surface area contributed by atoms with Crippen molar-refractivity contribution in [1.29, 1.82) is 0 Å². The maximum Gasteiger partial charge on any atom is 0.251 e. The van der Waals surface area contributed by atoms with Crippen LogP contribution in [-0.2, 0) is 0 Å². The van der Waals surface area contributed by atoms with Gasteiger partial charge in [-0.05, 0) is 50.2 Å². The van der Waals surface area contributed by atoms with Crippen LogP contribution in [0.4, 0.5) is 0 Å². The maximum absolute atomic E-state index is 12.6. The Morgan fingerprint density at radius 3 is 2.56 bits per heavy atom. The number of furan rings is 1. The molecule has 1 amide bonds. The fourth-order valence-electron chi connectivity index (χ4n) is 3.02. The summed E-state index contributed by atoms with van der Waals surface area (Å²) in [5.41, 5.74) is 2.39. The highest BCUT2D eigenvalue weighted by Gasteiger charge is 2.21. The Morgan fingerprint density at radius 1 is 1.19 bits per heavy atom. The Bertz CT molecular complexity index is 915. The number of nitrogens with one attached hydrogen (secondary N) is 1. The van der Waals surface area contributed by atoms with Gasteiger partial charge in [-0.15, -0.1) is 0 Å². The minimum Gasteiger partial charge on any atom is -0.493 e. The molecule has 2 heterocycles. The summed E-state index contributed by atoms with van der Waals surface area (Å²) < 4.78 is 17.9. The summed E-state index contributed by atoms with van der Waals surface area (Å²) in [5, 5.41) is 7.49. The van der Waals surface area contributed by atoms with E-state index in [-0.39, 0.29) is 11.9 Å². The molecule has 7 nitrogen and oxygen atoms in total. The maximum atomic E-state index is 12.6. The van der Waals surface area contributed by atoms with Crippen LogP contribution in [-0.4, -0.2) is 36.5 Å². The number of amides is 1. The molecule has 7 heteroatoms. The Morgan fingerprint density at radius 2 is 1.96 bits per heavy atom. The molecule has 0 aliphatic rings. The summed E-state index contributed by atoms with van der Waals surface area (Å²) >= 11 is 0. The van der Waals surface area contributed by atoms with Crippen LogP contribution in [0, 0.1) is 13.8 Å². The number of aryl methyl sites for hydroxylation is 2. The highest BCUT2D eigenvalue weighted by molar-refractivity contribution is 5.94. The molecule has 2 aromatic heterocycles. The van der Waals surface area contributed by atoms with Gasteiger partial charge >= 0.3 is 0 Å². The molecule has 0 fully saturated rings. The standard InChI is InChI=1S/C20H23N3O4/c1-13-10-14(2)23(22-13)16(17-6-5-9-27-17)12-21-20(24)15-7-8-18(25-3)19(11-15)26-4/h5-11,16H,12H2,1-4H3,(H,21,24). The van der Waals surface area contributed by atoms with Crippen LogP contribution >= 0.6 is 0 Å². The van der Waals surface area contributed by atoms with Crippen molar-refractivity contribution in [2.75, 3.05) is 20.8 Å². The van der Waals surface area contributed by atoms with E-state index >= 15 is 0 Å². The summed E-state index contributed by atoms with van der Waals surface area (Å²) in [6.45, 7) is 4.25. The third-order valence-corrected chi connectivity index (χ3v) is 4.31. The summed E-state index contributed by atoms with van der Waals surface area (Å²) in [6, 6.07) is 10.5. The van der Waals surface area contributed by atoms with Gasteiger partial charge in [-0.1, -0.05) is 0 Å². The monoisotopic (exact) mass is 369 g/mol. The highest BCUT2D eigenvalue weighted by Crippen LogP contribution is 2.27. The Labute approximate surface area is 157 Å². The molecule has 1 N–H and O–H groups in total. The molecule has 27 heavy (non-hydrogen) atoms. The average molecular weight is 369 g/mol. The van der Waals surface area contributed by atoms with Crippen LogP contribution in [0.25, 0.3) is 0 Å². The topological polar surface area (TPSA) is 78.5 Å². The van der Waals surface area contributed by atoms with E-state index in [0.29, 0.717) is 23.6 Å². The van der Waals surface area contributed by atoms with Crippen LogP contribution in [0.1, 0.15) is 33.5 Å². The number of benzene rings is 1. The Kier molecular flexibility index (Phi) is 5.49. The normalized spacial score (nSPS) is 11.9. The number of hydrogen-bond donors (Lipinski definition) is 1. The average Bonchev–Trinajstić information content (AvgIpc) is 3.31. The van der Waals surface area contributed by atoms with Crippen molar-refractivity contribution in [1.82, 2.24) is 15.1 Å². The molecule has 0 saturated heterocycles. The number of hydrogen-bond acceptors (Lipinski definition) is 5. The fourth-order valence-corrected chi connectivity index (χ4v) is 3.02. The Hall–Kier alpha value is -3.22. The first-order valence-electron chi connectivity index (χ1n) is 8.60. The lowest BCUT2D eigenvalue weighted by Gasteiger charge is -2.18. The molecule has 0 bridgehead atoms. The molecular weight excluding hydrogens is 346 g/mol. The van der Waals surface area contributed by atoms with Crippen LogP contribution in [0.5, 0.6) is 11.5 Å². The first-order chi connectivity index (χ1) is 13.0. The number of carbonyl (C=O) groups is 1. The molecule has 0 spiro atoms. The molecule has 3 aromatic rings. The van der Waals surface area contributed by atoms with Gasteiger partial charge in [0.25, 0.3) is 5.91 Å². The fraction of sp³-hybridized carbons (Fsp3) is 0.300. The van der Waals surface area contributed by atoms with E-state index in [4.69, 9.17) is 13.9 Å². The van der Waals surface area contributed by atoms with Crippen LogP contribution in [0.15, 0.2) is 47.1 Å². The van der Waals surface area contributed by atoms with E-state index in [1.165, 1.54) is 7.11 Å². The van der Waals surface area contributed by atoms with Gasteiger partial charge in [0.2, 0.25) is 0 Å². The molecule has 1 atom stereocenters. The largest absolute Gasteiger partial charge is 0.493 e. The van der Waals surface area contributed by atoms with Crippen molar-refractivity contribution >= 4 is 5.91 Å². The van der Waals surface area contributed by atoms with Crippen molar-refractivity contribution < 1.29 is 18.7 Å². The summed E-state index contributed by atoms with van der Waals surface area (Å²) in [4.78, 5) is 12.6. The predicted octanol–water partition coefficient (Wildman–Crippen LogP) is 3.13. The van der Waals surface area contributed by atoms with Gasteiger partial charge in [-0.2, -0.15) is 5.10 Å². The van der Waals surface area contributed by atoms with Gasteiger partial charge in [-0.25, -0.2) is 0 Å². The summed E-state index contributed by atoms with van der Waals surface area (Å²) in [5.74, 6) is 1.60. The molecule has 142 valence electrons. The van der Waals surface area contributed by atoms with Crippen molar-refractivity contribution in [3.8, 4) is 11.5 Å². The van der Waals surface area contributed by atoms with Crippen molar-refractivity contribution in [3.05, 3.63) is 65.4 Å². The second kappa shape index (κ2) is 7.99. The molecule has 1 unspecified atom stereocenters.